The van der Waals surface area contributed by atoms with Gasteiger partial charge in [0.1, 0.15) is 0 Å². The summed E-state index contributed by atoms with van der Waals surface area (Å²) in [5, 5.41) is 0. The van der Waals surface area contributed by atoms with Crippen molar-refractivity contribution in [2.45, 2.75) is 90.1 Å². The summed E-state index contributed by atoms with van der Waals surface area (Å²) in [6, 6.07) is 4.25. The highest BCUT2D eigenvalue weighted by atomic mass is 16.5. The second-order valence-corrected chi connectivity index (χ2v) is 10.4. The van der Waals surface area contributed by atoms with E-state index < -0.39 is 0 Å². The molecule has 198 valence electrons. The summed E-state index contributed by atoms with van der Waals surface area (Å²) in [6.07, 6.45) is 14.0. The van der Waals surface area contributed by atoms with Gasteiger partial charge in [-0.05, 0) is 75.1 Å². The number of amides is 1. The van der Waals surface area contributed by atoms with E-state index in [4.69, 9.17) is 23.9 Å². The first-order valence-electron chi connectivity index (χ1n) is 13.6. The Labute approximate surface area is 215 Å². The van der Waals surface area contributed by atoms with Crippen LogP contribution in [-0.2, 0) is 9.53 Å². The Balaban J connectivity index is 1.67. The molecule has 0 radical (unpaired) electrons. The van der Waals surface area contributed by atoms with Crippen molar-refractivity contribution in [3.05, 3.63) is 23.5 Å². The molecule has 7 nitrogen and oxygen atoms in total. The molecular weight excluding hydrogens is 456 g/mol. The zero-order valence-electron chi connectivity index (χ0n) is 22.5. The Morgan fingerprint density at radius 2 is 1.44 bits per heavy atom. The van der Waals surface area contributed by atoms with Crippen molar-refractivity contribution in [1.82, 2.24) is 4.90 Å². The van der Waals surface area contributed by atoms with Crippen LogP contribution in [0.15, 0.2) is 22.9 Å². The maximum absolute atomic E-state index is 13.8. The number of amidine groups is 1. The van der Waals surface area contributed by atoms with Crippen LogP contribution in [0.4, 0.5) is 0 Å². The van der Waals surface area contributed by atoms with Crippen LogP contribution in [-0.4, -0.2) is 50.2 Å². The summed E-state index contributed by atoms with van der Waals surface area (Å²) in [4.78, 5) is 20.6. The zero-order valence-corrected chi connectivity index (χ0v) is 22.5. The SMILES string of the molecule is COc1cc(/C=C2/OC(=NC(C)C3CCCCC3)N(C(C)C3CCCCC3)C2=O)cc(OC)c1OC. The van der Waals surface area contributed by atoms with Crippen LogP contribution < -0.4 is 14.2 Å². The zero-order chi connectivity index (χ0) is 25.7. The van der Waals surface area contributed by atoms with E-state index in [-0.39, 0.29) is 23.8 Å². The van der Waals surface area contributed by atoms with E-state index in [0.717, 1.165) is 18.4 Å². The Morgan fingerprint density at radius 3 is 1.97 bits per heavy atom. The molecule has 1 aliphatic heterocycles. The minimum absolute atomic E-state index is 0.0425. The minimum Gasteiger partial charge on any atom is -0.493 e. The molecule has 2 aliphatic carbocycles. The average Bonchev–Trinajstić information content (AvgIpc) is 3.22. The van der Waals surface area contributed by atoms with Gasteiger partial charge in [-0.2, -0.15) is 0 Å². The molecule has 4 rings (SSSR count). The van der Waals surface area contributed by atoms with Crippen molar-refractivity contribution in [3.8, 4) is 17.2 Å². The van der Waals surface area contributed by atoms with Crippen LogP contribution >= 0.6 is 0 Å². The Bertz CT molecular complexity index is 951. The molecule has 36 heavy (non-hydrogen) atoms. The second-order valence-electron chi connectivity index (χ2n) is 10.4. The Kier molecular flexibility index (Phi) is 8.81. The predicted molar refractivity (Wildman–Crippen MR) is 142 cm³/mol. The minimum atomic E-state index is -0.128. The number of nitrogens with zero attached hydrogens (tertiary/aromatic N) is 2. The van der Waals surface area contributed by atoms with E-state index in [1.165, 1.54) is 51.4 Å². The first kappa shape index (κ1) is 26.4. The van der Waals surface area contributed by atoms with Crippen molar-refractivity contribution < 1.29 is 23.7 Å². The average molecular weight is 499 g/mol. The van der Waals surface area contributed by atoms with Gasteiger partial charge in [0.15, 0.2) is 17.3 Å². The van der Waals surface area contributed by atoms with Crippen molar-refractivity contribution in [2.24, 2.45) is 16.8 Å². The third-order valence-electron chi connectivity index (χ3n) is 8.21. The molecule has 0 aromatic heterocycles. The summed E-state index contributed by atoms with van der Waals surface area (Å²) in [6.45, 7) is 4.32. The van der Waals surface area contributed by atoms with E-state index >= 15 is 0 Å². The van der Waals surface area contributed by atoms with E-state index in [0.29, 0.717) is 35.1 Å². The normalized spacial score (nSPS) is 23.6. The van der Waals surface area contributed by atoms with Crippen molar-refractivity contribution in [1.29, 1.82) is 0 Å². The summed E-state index contributed by atoms with van der Waals surface area (Å²) in [5.74, 6) is 2.72. The number of benzene rings is 1. The first-order valence-corrected chi connectivity index (χ1v) is 13.6. The standard InChI is InChI=1S/C29H42N2O5/c1-19(22-12-8-6-9-13-22)30-29-31(20(2)23-14-10-7-11-15-23)28(32)26(36-29)18-21-16-24(33-3)27(35-5)25(17-21)34-4/h16-20,22-23H,6-15H2,1-5H3/b26-18+,30-29?. The smallest absolute Gasteiger partial charge is 0.300 e. The molecule has 0 bridgehead atoms. The van der Waals surface area contributed by atoms with Crippen LogP contribution in [0.25, 0.3) is 6.08 Å². The van der Waals surface area contributed by atoms with Gasteiger partial charge in [-0.25, -0.2) is 4.99 Å². The Hall–Kier alpha value is -2.70. The number of rotatable bonds is 8. The first-order chi connectivity index (χ1) is 17.5. The molecule has 2 saturated carbocycles. The van der Waals surface area contributed by atoms with E-state index in [1.54, 1.807) is 27.4 Å². The third kappa shape index (κ3) is 5.65. The molecule has 1 heterocycles. The molecule has 1 amide bonds. The van der Waals surface area contributed by atoms with Gasteiger partial charge in [0, 0.05) is 6.04 Å². The summed E-state index contributed by atoms with van der Waals surface area (Å²) < 4.78 is 22.7. The van der Waals surface area contributed by atoms with E-state index in [2.05, 4.69) is 13.8 Å². The number of hydrogen-bond acceptors (Lipinski definition) is 6. The molecule has 0 spiro atoms. The van der Waals surface area contributed by atoms with E-state index in [9.17, 15) is 4.79 Å². The van der Waals surface area contributed by atoms with Gasteiger partial charge in [0.05, 0.1) is 27.4 Å². The summed E-state index contributed by atoms with van der Waals surface area (Å²) in [7, 11) is 4.73. The number of hydrogen-bond donors (Lipinski definition) is 0. The lowest BCUT2D eigenvalue weighted by Crippen LogP contribution is -2.43. The van der Waals surface area contributed by atoms with Crippen LogP contribution in [0.1, 0.15) is 83.6 Å². The topological polar surface area (TPSA) is 69.6 Å². The lowest BCUT2D eigenvalue weighted by molar-refractivity contribution is -0.125. The maximum atomic E-state index is 13.8. The second kappa shape index (κ2) is 12.0. The van der Waals surface area contributed by atoms with Crippen LogP contribution in [0.3, 0.4) is 0 Å². The lowest BCUT2D eigenvalue weighted by atomic mass is 9.84. The number of carbonyl (C=O) groups excluding carboxylic acids is 1. The lowest BCUT2D eigenvalue weighted by Gasteiger charge is -2.33. The van der Waals surface area contributed by atoms with Crippen molar-refractivity contribution >= 4 is 18.0 Å². The fourth-order valence-electron chi connectivity index (χ4n) is 6.00. The van der Waals surface area contributed by atoms with Crippen molar-refractivity contribution in [2.75, 3.05) is 21.3 Å². The fourth-order valence-corrected chi connectivity index (χ4v) is 6.00. The highest BCUT2D eigenvalue weighted by Gasteiger charge is 2.41. The molecule has 2 atom stereocenters. The monoisotopic (exact) mass is 498 g/mol. The van der Waals surface area contributed by atoms with Crippen LogP contribution in [0.2, 0.25) is 0 Å². The largest absolute Gasteiger partial charge is 0.493 e. The molecule has 3 aliphatic rings. The summed E-state index contributed by atoms with van der Waals surface area (Å²) >= 11 is 0. The van der Waals surface area contributed by atoms with Gasteiger partial charge in [-0.1, -0.05) is 38.5 Å². The van der Waals surface area contributed by atoms with Crippen LogP contribution in [0.5, 0.6) is 17.2 Å². The van der Waals surface area contributed by atoms with Crippen molar-refractivity contribution in [3.63, 3.8) is 0 Å². The predicted octanol–water partition coefficient (Wildman–Crippen LogP) is 6.21. The molecule has 7 heteroatoms. The molecule has 2 unspecified atom stereocenters. The molecule has 1 aromatic carbocycles. The van der Waals surface area contributed by atoms with Gasteiger partial charge >= 0.3 is 6.02 Å². The molecular formula is C29H42N2O5. The van der Waals surface area contributed by atoms with Gasteiger partial charge < -0.3 is 18.9 Å². The molecule has 3 fully saturated rings. The number of aliphatic imine (C=N–C) groups is 1. The molecule has 1 aromatic rings. The number of methoxy groups -OCH3 is 3. The molecule has 1 saturated heterocycles. The highest BCUT2D eigenvalue weighted by Crippen LogP contribution is 2.40. The third-order valence-corrected chi connectivity index (χ3v) is 8.21. The quantitative estimate of drug-likeness (QED) is 0.399. The Morgan fingerprint density at radius 1 is 0.889 bits per heavy atom. The fraction of sp³-hybridized carbons (Fsp3) is 0.655. The van der Waals surface area contributed by atoms with Crippen LogP contribution in [0, 0.1) is 11.8 Å². The summed E-state index contributed by atoms with van der Waals surface area (Å²) in [5.41, 5.74) is 0.736. The number of ether oxygens (including phenoxy) is 4. The van der Waals surface area contributed by atoms with Gasteiger partial charge in [0.25, 0.3) is 5.91 Å². The molecule has 0 N–H and O–H groups in total. The van der Waals surface area contributed by atoms with E-state index in [1.807, 2.05) is 17.0 Å². The van der Waals surface area contributed by atoms with Gasteiger partial charge in [-0.15, -0.1) is 0 Å². The van der Waals surface area contributed by atoms with Gasteiger partial charge in [-0.3, -0.25) is 9.69 Å². The maximum Gasteiger partial charge on any atom is 0.300 e. The number of carbonyl (C=O) groups is 1. The highest BCUT2D eigenvalue weighted by molar-refractivity contribution is 6.11. The van der Waals surface area contributed by atoms with Gasteiger partial charge in [0.2, 0.25) is 5.75 Å².